The van der Waals surface area contributed by atoms with Gasteiger partial charge in [0.25, 0.3) is 0 Å². The number of nitrogens with zero attached hydrogens (tertiary/aromatic N) is 1. The van der Waals surface area contributed by atoms with E-state index < -0.39 is 0 Å². The summed E-state index contributed by atoms with van der Waals surface area (Å²) in [5.74, 6) is 0.302. The van der Waals surface area contributed by atoms with Crippen LogP contribution in [0.4, 0.5) is 0 Å². The van der Waals surface area contributed by atoms with Crippen LogP contribution >= 0.6 is 0 Å². The van der Waals surface area contributed by atoms with E-state index in [9.17, 15) is 4.79 Å². The summed E-state index contributed by atoms with van der Waals surface area (Å²) in [6.07, 6.45) is 5.73. The van der Waals surface area contributed by atoms with Gasteiger partial charge in [0.15, 0.2) is 0 Å². The number of rotatable bonds is 4. The molecule has 2 fully saturated rings. The van der Waals surface area contributed by atoms with Gasteiger partial charge in [-0.1, -0.05) is 36.8 Å². The van der Waals surface area contributed by atoms with Gasteiger partial charge in [-0.05, 0) is 37.8 Å². The molecule has 1 amide bonds. The minimum Gasteiger partial charge on any atom is -0.343 e. The van der Waals surface area contributed by atoms with Crippen molar-refractivity contribution in [3.05, 3.63) is 35.9 Å². The van der Waals surface area contributed by atoms with Crippen LogP contribution in [0.25, 0.3) is 0 Å². The van der Waals surface area contributed by atoms with Gasteiger partial charge in [0.2, 0.25) is 5.91 Å². The van der Waals surface area contributed by atoms with Gasteiger partial charge in [-0.15, -0.1) is 0 Å². The molecule has 1 saturated heterocycles. The van der Waals surface area contributed by atoms with E-state index >= 15 is 0 Å². The lowest BCUT2D eigenvalue weighted by molar-refractivity contribution is -0.133. The predicted octanol–water partition coefficient (Wildman–Crippen LogP) is 2.32. The zero-order chi connectivity index (χ0) is 14.0. The fourth-order valence-corrected chi connectivity index (χ4v) is 3.37. The smallest absolute Gasteiger partial charge is 0.233 e. The maximum absolute atomic E-state index is 12.8. The summed E-state index contributed by atoms with van der Waals surface area (Å²) in [6, 6.07) is 10.7. The summed E-state index contributed by atoms with van der Waals surface area (Å²) < 4.78 is 0. The molecule has 1 heterocycles. The second-order valence-corrected chi connectivity index (χ2v) is 6.28. The Hall–Kier alpha value is -1.35. The normalized spacial score (nSPS) is 24.1. The average Bonchev–Trinajstić information content (AvgIpc) is 3.30. The molecule has 0 spiro atoms. The minimum atomic E-state index is -0.218. The molecule has 1 unspecified atom stereocenters. The van der Waals surface area contributed by atoms with Gasteiger partial charge in [0, 0.05) is 19.6 Å². The predicted molar refractivity (Wildman–Crippen MR) is 80.6 cm³/mol. The summed E-state index contributed by atoms with van der Waals surface area (Å²) in [4.78, 5) is 14.7. The first-order chi connectivity index (χ1) is 9.72. The van der Waals surface area contributed by atoms with Crippen LogP contribution in [0.15, 0.2) is 30.3 Å². The maximum atomic E-state index is 12.8. The molecule has 1 aliphatic heterocycles. The van der Waals surface area contributed by atoms with Crippen LogP contribution in [0.1, 0.15) is 37.7 Å². The van der Waals surface area contributed by atoms with E-state index in [-0.39, 0.29) is 5.41 Å². The second-order valence-electron chi connectivity index (χ2n) is 6.28. The molecule has 1 aromatic rings. The van der Waals surface area contributed by atoms with Gasteiger partial charge in [-0.25, -0.2) is 0 Å². The van der Waals surface area contributed by atoms with Crippen LogP contribution in [0.2, 0.25) is 0 Å². The Morgan fingerprint density at radius 2 is 2.05 bits per heavy atom. The Labute approximate surface area is 121 Å². The molecule has 1 aliphatic carbocycles. The highest BCUT2D eigenvalue weighted by Crippen LogP contribution is 2.49. The average molecular weight is 272 g/mol. The van der Waals surface area contributed by atoms with Gasteiger partial charge in [-0.2, -0.15) is 0 Å². The van der Waals surface area contributed by atoms with E-state index in [2.05, 4.69) is 17.4 Å². The largest absolute Gasteiger partial charge is 0.343 e. The van der Waals surface area contributed by atoms with Gasteiger partial charge in [0.1, 0.15) is 0 Å². The number of benzene rings is 1. The first-order valence-electron chi connectivity index (χ1n) is 7.77. The Morgan fingerprint density at radius 3 is 2.65 bits per heavy atom. The summed E-state index contributed by atoms with van der Waals surface area (Å²) in [5.41, 5.74) is 0.971. The Morgan fingerprint density at radius 1 is 1.30 bits per heavy atom. The van der Waals surface area contributed by atoms with E-state index in [1.807, 2.05) is 30.1 Å². The number of hydrogen-bond donors (Lipinski definition) is 1. The Bertz CT molecular complexity index is 461. The van der Waals surface area contributed by atoms with Crippen molar-refractivity contribution in [2.45, 2.75) is 43.6 Å². The fraction of sp³-hybridized carbons (Fsp3) is 0.588. The van der Waals surface area contributed by atoms with Crippen molar-refractivity contribution in [3.63, 3.8) is 0 Å². The number of amides is 1. The van der Waals surface area contributed by atoms with Crippen LogP contribution in [0, 0.1) is 0 Å². The van der Waals surface area contributed by atoms with Gasteiger partial charge < -0.3 is 10.2 Å². The molecule has 1 aromatic carbocycles. The third-order valence-electron chi connectivity index (χ3n) is 4.74. The van der Waals surface area contributed by atoms with Crippen LogP contribution in [-0.4, -0.2) is 37.0 Å². The third kappa shape index (κ3) is 2.59. The van der Waals surface area contributed by atoms with Crippen molar-refractivity contribution in [1.29, 1.82) is 0 Å². The van der Waals surface area contributed by atoms with Crippen LogP contribution in [0.5, 0.6) is 0 Å². The molecule has 3 nitrogen and oxygen atoms in total. The summed E-state index contributed by atoms with van der Waals surface area (Å²) in [7, 11) is 1.96. The highest BCUT2D eigenvalue weighted by atomic mass is 16.2. The number of carbonyl (C=O) groups excluding carboxylic acids is 1. The summed E-state index contributed by atoms with van der Waals surface area (Å²) >= 11 is 0. The number of piperidine rings is 1. The van der Waals surface area contributed by atoms with Crippen LogP contribution in [0.3, 0.4) is 0 Å². The van der Waals surface area contributed by atoms with Crippen molar-refractivity contribution in [3.8, 4) is 0 Å². The molecule has 1 saturated carbocycles. The zero-order valence-corrected chi connectivity index (χ0v) is 12.3. The standard InChI is InChI=1S/C17H24N2O/c1-19(13-15-9-5-6-12-18-15)16(20)17(10-11-17)14-7-3-2-4-8-14/h2-4,7-8,15,18H,5-6,9-13H2,1H3. The molecule has 3 rings (SSSR count). The molecule has 0 bridgehead atoms. The van der Waals surface area contributed by atoms with E-state index in [1.165, 1.54) is 24.8 Å². The van der Waals surface area contributed by atoms with Crippen molar-refractivity contribution in [2.75, 3.05) is 20.1 Å². The molecule has 2 aliphatic rings. The first kappa shape index (κ1) is 13.6. The molecule has 0 radical (unpaired) electrons. The topological polar surface area (TPSA) is 32.3 Å². The van der Waals surface area contributed by atoms with E-state index in [0.29, 0.717) is 11.9 Å². The molecule has 1 atom stereocenters. The van der Waals surface area contributed by atoms with Crippen LogP contribution in [-0.2, 0) is 10.2 Å². The first-order valence-corrected chi connectivity index (χ1v) is 7.77. The number of hydrogen-bond acceptors (Lipinski definition) is 2. The second kappa shape index (κ2) is 5.57. The lowest BCUT2D eigenvalue weighted by atomic mass is 9.94. The third-order valence-corrected chi connectivity index (χ3v) is 4.74. The number of likely N-dealkylation sites (N-methyl/N-ethyl adjacent to an activating group) is 1. The highest BCUT2D eigenvalue weighted by Gasteiger charge is 2.52. The van der Waals surface area contributed by atoms with Crippen LogP contribution < -0.4 is 5.32 Å². The van der Waals surface area contributed by atoms with Crippen molar-refractivity contribution in [2.24, 2.45) is 0 Å². The summed E-state index contributed by atoms with van der Waals surface area (Å²) in [5, 5.41) is 3.52. The molecule has 108 valence electrons. The monoisotopic (exact) mass is 272 g/mol. The van der Waals surface area contributed by atoms with E-state index in [4.69, 9.17) is 0 Å². The van der Waals surface area contributed by atoms with Crippen molar-refractivity contribution < 1.29 is 4.79 Å². The minimum absolute atomic E-state index is 0.218. The Kier molecular flexibility index (Phi) is 3.79. The van der Waals surface area contributed by atoms with E-state index in [1.54, 1.807) is 0 Å². The highest BCUT2D eigenvalue weighted by molar-refractivity contribution is 5.91. The Balaban J connectivity index is 1.66. The lowest BCUT2D eigenvalue weighted by Crippen LogP contribution is -2.46. The maximum Gasteiger partial charge on any atom is 0.233 e. The number of nitrogens with one attached hydrogen (secondary N) is 1. The van der Waals surface area contributed by atoms with E-state index in [0.717, 1.165) is 25.9 Å². The van der Waals surface area contributed by atoms with Gasteiger partial charge in [-0.3, -0.25) is 4.79 Å². The van der Waals surface area contributed by atoms with Crippen molar-refractivity contribution >= 4 is 5.91 Å². The molecule has 3 heteroatoms. The van der Waals surface area contributed by atoms with Crippen molar-refractivity contribution in [1.82, 2.24) is 10.2 Å². The quantitative estimate of drug-likeness (QED) is 0.912. The SMILES string of the molecule is CN(CC1CCCCN1)C(=O)C1(c2ccccc2)CC1. The molecule has 20 heavy (non-hydrogen) atoms. The fourth-order valence-electron chi connectivity index (χ4n) is 3.37. The molecule has 1 N–H and O–H groups in total. The molecular formula is C17H24N2O. The number of carbonyl (C=O) groups is 1. The zero-order valence-electron chi connectivity index (χ0n) is 12.3. The molecule has 0 aromatic heterocycles. The summed E-state index contributed by atoms with van der Waals surface area (Å²) in [6.45, 7) is 1.93. The molecular weight excluding hydrogens is 248 g/mol. The van der Waals surface area contributed by atoms with Gasteiger partial charge in [0.05, 0.1) is 5.41 Å². The lowest BCUT2D eigenvalue weighted by Gasteiger charge is -2.30. The van der Waals surface area contributed by atoms with Gasteiger partial charge >= 0.3 is 0 Å².